The highest BCUT2D eigenvalue weighted by atomic mass is 16.1. The molecular weight excluding hydrogens is 238 g/mol. The topological polar surface area (TPSA) is 35.6 Å². The summed E-state index contributed by atoms with van der Waals surface area (Å²) in [5, 5.41) is 3.08. The zero-order valence-electron chi connectivity index (χ0n) is 11.2. The Labute approximate surface area is 114 Å². The Balaban J connectivity index is 1.46. The Morgan fingerprint density at radius 2 is 1.89 bits per heavy atom. The quantitative estimate of drug-likeness (QED) is 0.847. The van der Waals surface area contributed by atoms with E-state index in [4.69, 9.17) is 0 Å². The van der Waals surface area contributed by atoms with Gasteiger partial charge in [0.05, 0.1) is 6.42 Å². The van der Waals surface area contributed by atoms with E-state index in [0.29, 0.717) is 12.5 Å². The maximum Gasteiger partial charge on any atom is 0.224 e. The molecule has 0 saturated carbocycles. The minimum absolute atomic E-state index is 0.129. The van der Waals surface area contributed by atoms with Gasteiger partial charge in [-0.15, -0.1) is 0 Å². The molecule has 0 spiro atoms. The van der Waals surface area contributed by atoms with Crippen molar-refractivity contribution in [2.24, 2.45) is 0 Å². The predicted octanol–water partition coefficient (Wildman–Crippen LogP) is 0.345. The summed E-state index contributed by atoms with van der Waals surface area (Å²) in [5.41, 5.74) is 1.08. The normalized spacial score (nSPS) is 29.2. The lowest BCUT2D eigenvalue weighted by Crippen LogP contribution is -2.63. The number of nitrogens with one attached hydrogen (secondary N) is 1. The number of hydrogen-bond donors (Lipinski definition) is 1. The summed E-state index contributed by atoms with van der Waals surface area (Å²) < 4.78 is 0. The third kappa shape index (κ3) is 3.14. The molecule has 0 aliphatic carbocycles. The number of benzene rings is 1. The third-order valence-corrected chi connectivity index (χ3v) is 4.13. The van der Waals surface area contributed by atoms with Crippen molar-refractivity contribution in [3.63, 3.8) is 0 Å². The number of rotatable bonds is 4. The van der Waals surface area contributed by atoms with Gasteiger partial charge in [-0.05, 0) is 5.56 Å². The Bertz CT molecular complexity index is 426. The molecule has 1 N–H and O–H groups in total. The van der Waals surface area contributed by atoms with Crippen LogP contribution in [0.5, 0.6) is 0 Å². The highest BCUT2D eigenvalue weighted by Gasteiger charge is 2.31. The van der Waals surface area contributed by atoms with Crippen LogP contribution in [-0.4, -0.2) is 61.0 Å². The molecule has 0 radical (unpaired) electrons. The second-order valence-electron chi connectivity index (χ2n) is 5.46. The van der Waals surface area contributed by atoms with Crippen LogP contribution < -0.4 is 5.32 Å². The van der Waals surface area contributed by atoms with E-state index in [0.717, 1.165) is 31.7 Å². The summed E-state index contributed by atoms with van der Waals surface area (Å²) in [6.07, 6.45) is 0.483. The average molecular weight is 259 g/mol. The van der Waals surface area contributed by atoms with Crippen molar-refractivity contribution in [1.29, 1.82) is 0 Å². The zero-order chi connectivity index (χ0) is 13.1. The molecule has 1 aromatic rings. The Morgan fingerprint density at radius 1 is 1.16 bits per heavy atom. The van der Waals surface area contributed by atoms with E-state index in [9.17, 15) is 4.79 Å². The third-order valence-electron chi connectivity index (χ3n) is 4.13. The van der Waals surface area contributed by atoms with Crippen molar-refractivity contribution in [2.45, 2.75) is 12.5 Å². The molecule has 1 unspecified atom stereocenters. The highest BCUT2D eigenvalue weighted by Crippen LogP contribution is 2.14. The fraction of sp³-hybridized carbons (Fsp3) is 0.533. The molecule has 4 rings (SSSR count). The van der Waals surface area contributed by atoms with Crippen LogP contribution in [0.4, 0.5) is 0 Å². The van der Waals surface area contributed by atoms with Gasteiger partial charge >= 0.3 is 0 Å². The first kappa shape index (κ1) is 12.6. The molecule has 3 heterocycles. The number of fused-ring (bicyclic) bond motifs is 3. The molecule has 3 aliphatic heterocycles. The van der Waals surface area contributed by atoms with E-state index < -0.39 is 0 Å². The van der Waals surface area contributed by atoms with Crippen LogP contribution in [0, 0.1) is 0 Å². The lowest BCUT2D eigenvalue weighted by molar-refractivity contribution is -0.121. The van der Waals surface area contributed by atoms with Gasteiger partial charge in [-0.3, -0.25) is 14.6 Å². The molecule has 3 fully saturated rings. The Morgan fingerprint density at radius 3 is 2.53 bits per heavy atom. The molecular formula is C15H21N3O. The van der Waals surface area contributed by atoms with Crippen LogP contribution in [0.15, 0.2) is 30.3 Å². The summed E-state index contributed by atoms with van der Waals surface area (Å²) in [4.78, 5) is 16.9. The van der Waals surface area contributed by atoms with Crippen LogP contribution in [0.3, 0.4) is 0 Å². The summed E-state index contributed by atoms with van der Waals surface area (Å²) in [6, 6.07) is 10.4. The second-order valence-corrected chi connectivity index (χ2v) is 5.46. The van der Waals surface area contributed by atoms with Gasteiger partial charge in [0.15, 0.2) is 0 Å². The zero-order valence-corrected chi connectivity index (χ0v) is 11.2. The van der Waals surface area contributed by atoms with Gasteiger partial charge in [0.1, 0.15) is 0 Å². The molecule has 4 nitrogen and oxygen atoms in total. The van der Waals surface area contributed by atoms with Gasteiger partial charge < -0.3 is 5.32 Å². The van der Waals surface area contributed by atoms with Crippen molar-refractivity contribution in [2.75, 3.05) is 39.3 Å². The summed E-state index contributed by atoms with van der Waals surface area (Å²) in [6.45, 7) is 6.56. The number of carbonyl (C=O) groups is 1. The van der Waals surface area contributed by atoms with Crippen LogP contribution in [0.1, 0.15) is 5.56 Å². The van der Waals surface area contributed by atoms with Crippen LogP contribution >= 0.6 is 0 Å². The van der Waals surface area contributed by atoms with Gasteiger partial charge in [0, 0.05) is 45.3 Å². The van der Waals surface area contributed by atoms with Gasteiger partial charge in [-0.25, -0.2) is 0 Å². The molecule has 19 heavy (non-hydrogen) atoms. The maximum absolute atomic E-state index is 11.9. The number of amides is 1. The lowest BCUT2D eigenvalue weighted by Gasteiger charge is -2.47. The fourth-order valence-corrected chi connectivity index (χ4v) is 2.99. The predicted molar refractivity (Wildman–Crippen MR) is 75.0 cm³/mol. The first-order valence-corrected chi connectivity index (χ1v) is 7.08. The van der Waals surface area contributed by atoms with Gasteiger partial charge in [0.2, 0.25) is 5.91 Å². The van der Waals surface area contributed by atoms with Crippen molar-refractivity contribution >= 4 is 5.91 Å². The highest BCUT2D eigenvalue weighted by molar-refractivity contribution is 5.78. The molecule has 4 heteroatoms. The minimum atomic E-state index is 0.129. The molecule has 1 amide bonds. The van der Waals surface area contributed by atoms with E-state index in [1.807, 2.05) is 30.3 Å². The summed E-state index contributed by atoms with van der Waals surface area (Å²) in [7, 11) is 0. The van der Waals surface area contributed by atoms with Crippen molar-refractivity contribution in [3.8, 4) is 0 Å². The van der Waals surface area contributed by atoms with Gasteiger partial charge in [0.25, 0.3) is 0 Å². The van der Waals surface area contributed by atoms with E-state index in [1.165, 1.54) is 13.1 Å². The van der Waals surface area contributed by atoms with Crippen molar-refractivity contribution < 1.29 is 4.79 Å². The Kier molecular flexibility index (Phi) is 3.80. The van der Waals surface area contributed by atoms with Crippen LogP contribution in [0.2, 0.25) is 0 Å². The smallest absolute Gasteiger partial charge is 0.224 e. The van der Waals surface area contributed by atoms with Crippen LogP contribution in [0.25, 0.3) is 0 Å². The summed E-state index contributed by atoms with van der Waals surface area (Å²) >= 11 is 0. The molecule has 2 bridgehead atoms. The number of nitrogens with zero attached hydrogens (tertiary/aromatic N) is 2. The monoisotopic (exact) mass is 259 g/mol. The van der Waals surface area contributed by atoms with E-state index >= 15 is 0 Å². The minimum Gasteiger partial charge on any atom is -0.354 e. The molecule has 3 saturated heterocycles. The second kappa shape index (κ2) is 5.72. The first-order valence-electron chi connectivity index (χ1n) is 7.08. The molecule has 3 aliphatic rings. The van der Waals surface area contributed by atoms with Gasteiger partial charge in [-0.1, -0.05) is 30.3 Å². The van der Waals surface area contributed by atoms with E-state index in [1.54, 1.807) is 0 Å². The summed E-state index contributed by atoms with van der Waals surface area (Å²) in [5.74, 6) is 0.129. The number of hydrogen-bond acceptors (Lipinski definition) is 3. The largest absolute Gasteiger partial charge is 0.354 e. The SMILES string of the molecule is O=C(Cc1ccccc1)NCC1CN2CCN1CC2. The Hall–Kier alpha value is -1.39. The van der Waals surface area contributed by atoms with E-state index in [-0.39, 0.29) is 5.91 Å². The molecule has 1 aromatic carbocycles. The van der Waals surface area contributed by atoms with Gasteiger partial charge in [-0.2, -0.15) is 0 Å². The van der Waals surface area contributed by atoms with Crippen molar-refractivity contribution in [3.05, 3.63) is 35.9 Å². The molecule has 1 atom stereocenters. The van der Waals surface area contributed by atoms with Crippen LogP contribution in [-0.2, 0) is 11.2 Å². The van der Waals surface area contributed by atoms with E-state index in [2.05, 4.69) is 15.1 Å². The standard InChI is InChI=1S/C15H21N3O/c19-15(10-13-4-2-1-3-5-13)16-11-14-12-17-6-8-18(14)9-7-17/h1-5,14H,6-12H2,(H,16,19). The first-order chi connectivity index (χ1) is 9.31. The maximum atomic E-state index is 11.9. The molecule has 102 valence electrons. The average Bonchev–Trinajstić information content (AvgIpc) is 2.47. The lowest BCUT2D eigenvalue weighted by atomic mass is 10.1. The number of piperazine rings is 3. The van der Waals surface area contributed by atoms with Crippen molar-refractivity contribution in [1.82, 2.24) is 15.1 Å². The molecule has 0 aromatic heterocycles. The fourth-order valence-electron chi connectivity index (χ4n) is 2.99. The number of carbonyl (C=O) groups excluding carboxylic acids is 1.